The van der Waals surface area contributed by atoms with E-state index in [0.29, 0.717) is 11.6 Å². The Morgan fingerprint density at radius 3 is 2.51 bits per heavy atom. The molecule has 0 fully saturated rings. The zero-order chi connectivity index (χ0) is 26.5. The molecule has 1 N–H and O–H groups in total. The molecule has 194 valence electrons. The summed E-state index contributed by atoms with van der Waals surface area (Å²) in [5.41, 5.74) is 6.69. The number of hydrogen-bond acceptors (Lipinski definition) is 5. The second-order valence-electron chi connectivity index (χ2n) is 9.36. The van der Waals surface area contributed by atoms with Gasteiger partial charge in [-0.2, -0.15) is 0 Å². The van der Waals surface area contributed by atoms with Gasteiger partial charge in [-0.25, -0.2) is 0 Å². The van der Waals surface area contributed by atoms with Gasteiger partial charge >= 0.3 is 232 Å². The van der Waals surface area contributed by atoms with Crippen LogP contribution < -0.4 is 5.32 Å². The van der Waals surface area contributed by atoms with Crippen molar-refractivity contribution in [1.29, 1.82) is 0 Å². The van der Waals surface area contributed by atoms with Crippen LogP contribution in [-0.2, 0) is 11.2 Å². The van der Waals surface area contributed by atoms with Gasteiger partial charge in [0.2, 0.25) is 0 Å². The Kier molecular flexibility index (Phi) is 9.08. The number of carbonyl (C=O) groups excluding carboxylic acids is 1. The molecule has 2 aromatic rings. The van der Waals surface area contributed by atoms with E-state index in [9.17, 15) is 4.79 Å². The first kappa shape index (κ1) is 27.4. The number of carbonyl (C=O) groups is 1. The van der Waals surface area contributed by atoms with E-state index in [1.807, 2.05) is 36.5 Å². The van der Waals surface area contributed by atoms with Crippen molar-refractivity contribution in [1.82, 2.24) is 10.3 Å². The zero-order valence-corrected chi connectivity index (χ0v) is 24.9. The fourth-order valence-electron chi connectivity index (χ4n) is 4.36. The van der Waals surface area contributed by atoms with Crippen LogP contribution in [0.15, 0.2) is 84.3 Å². The van der Waals surface area contributed by atoms with Crippen molar-refractivity contribution in [2.24, 2.45) is 15.2 Å². The first-order chi connectivity index (χ1) is 17.8. The minimum atomic E-state index is -2.05. The third-order valence-corrected chi connectivity index (χ3v) is 12.7. The molecule has 37 heavy (non-hydrogen) atoms. The molecule has 2 aliphatic heterocycles. The Bertz CT molecular complexity index is 1320. The van der Waals surface area contributed by atoms with Crippen LogP contribution in [0.1, 0.15) is 58.6 Å². The summed E-state index contributed by atoms with van der Waals surface area (Å²) >= 11 is 4.16. The normalized spacial score (nSPS) is 17.9. The van der Waals surface area contributed by atoms with Gasteiger partial charge in [-0.15, -0.1) is 0 Å². The number of halogens is 2. The van der Waals surface area contributed by atoms with E-state index in [0.717, 1.165) is 37.1 Å². The van der Waals surface area contributed by atoms with Gasteiger partial charge in [0.25, 0.3) is 0 Å². The van der Waals surface area contributed by atoms with Crippen molar-refractivity contribution in [3.8, 4) is 0 Å². The number of hydrogen-bond donors (Lipinski definition) is 1. The molecular formula is C29H33ClIN5O. The van der Waals surface area contributed by atoms with E-state index >= 15 is 0 Å². The zero-order valence-electron chi connectivity index (χ0n) is 22.0. The van der Waals surface area contributed by atoms with Gasteiger partial charge < -0.3 is 0 Å². The van der Waals surface area contributed by atoms with Crippen LogP contribution in [0.3, 0.4) is 0 Å². The number of aromatic nitrogens is 1. The summed E-state index contributed by atoms with van der Waals surface area (Å²) in [6, 6.07) is 11.5. The van der Waals surface area contributed by atoms with Crippen molar-refractivity contribution in [3.05, 3.63) is 85.2 Å². The molecule has 0 aliphatic carbocycles. The predicted molar refractivity (Wildman–Crippen MR) is 163 cm³/mol. The van der Waals surface area contributed by atoms with Gasteiger partial charge in [0.1, 0.15) is 0 Å². The number of pyridine rings is 1. The Morgan fingerprint density at radius 2 is 1.84 bits per heavy atom. The number of rotatable bonds is 8. The van der Waals surface area contributed by atoms with Gasteiger partial charge in [0, 0.05) is 0 Å². The molecule has 4 rings (SSSR count). The fourth-order valence-corrected chi connectivity index (χ4v) is 10.2. The summed E-state index contributed by atoms with van der Waals surface area (Å²) in [6.07, 6.45) is 5.63. The van der Waals surface area contributed by atoms with E-state index in [2.05, 4.69) is 61.2 Å². The monoisotopic (exact) mass is 629 g/mol. The third-order valence-electron chi connectivity index (χ3n) is 6.48. The van der Waals surface area contributed by atoms with Crippen LogP contribution in [0.4, 0.5) is 0 Å². The maximum absolute atomic E-state index is 13.1. The molecule has 0 spiro atoms. The molecule has 3 heterocycles. The molecule has 1 amide bonds. The quantitative estimate of drug-likeness (QED) is 0.254. The van der Waals surface area contributed by atoms with Gasteiger partial charge in [-0.3, -0.25) is 0 Å². The topological polar surface area (TPSA) is 79.1 Å². The van der Waals surface area contributed by atoms with Crippen molar-refractivity contribution >= 4 is 50.5 Å². The summed E-state index contributed by atoms with van der Waals surface area (Å²) in [5.74, 6) is -0.0153. The Morgan fingerprint density at radius 1 is 1.08 bits per heavy atom. The van der Waals surface area contributed by atoms with Crippen LogP contribution in [0, 0.1) is 0 Å². The number of aliphatic imine (C=N–C) groups is 1. The molecule has 0 saturated heterocycles. The van der Waals surface area contributed by atoms with E-state index in [-0.39, 0.29) is 18.4 Å². The molecule has 2 aliphatic rings. The van der Waals surface area contributed by atoms with E-state index in [1.54, 1.807) is 6.20 Å². The molecule has 1 aromatic heterocycles. The van der Waals surface area contributed by atoms with Gasteiger partial charge in [0.15, 0.2) is 0 Å². The SMILES string of the molecule is CC1=NN=C2[C@H](CC(=O)NCCCc3cccnc3)N=C(c3ccc(Cl)cc3)C(C(C)=C(C)C)=C(C)I12. The number of nitrogens with zero attached hydrogens (tertiary/aromatic N) is 4. The van der Waals surface area contributed by atoms with Crippen molar-refractivity contribution in [2.75, 3.05) is 6.54 Å². The minimum absolute atomic E-state index is 0.0153. The molecule has 0 saturated carbocycles. The number of allylic oxidation sites excluding steroid dienone is 4. The summed E-state index contributed by atoms with van der Waals surface area (Å²) in [6.45, 7) is 11.3. The molecule has 6 nitrogen and oxygen atoms in total. The second-order valence-corrected chi connectivity index (χ2v) is 15.7. The first-order valence-corrected chi connectivity index (χ1v) is 16.0. The van der Waals surface area contributed by atoms with Crippen LogP contribution in [0.5, 0.6) is 0 Å². The second kappa shape index (κ2) is 12.3. The first-order valence-electron chi connectivity index (χ1n) is 12.4. The fraction of sp³-hybridized carbons (Fsp3) is 0.345. The number of nitrogens with one attached hydrogen (secondary N) is 1. The number of benzene rings is 1. The van der Waals surface area contributed by atoms with Crippen molar-refractivity contribution < 1.29 is 4.79 Å². The van der Waals surface area contributed by atoms with Crippen molar-refractivity contribution in [3.63, 3.8) is 0 Å². The Hall–Kier alpha value is -2.65. The summed E-state index contributed by atoms with van der Waals surface area (Å²) in [7, 11) is 0. The molecule has 0 radical (unpaired) electrons. The summed E-state index contributed by atoms with van der Waals surface area (Å²) < 4.78 is 3.39. The molecule has 8 heteroatoms. The van der Waals surface area contributed by atoms with Crippen LogP contribution in [-0.4, -0.2) is 36.6 Å². The standard InChI is InChI=1S/C29H33ClIN5O/c1-18(2)19(3)27-20(4)31-21(5)35-36-29(31)25(34-28(27)23-10-12-24(30)13-11-23)16-26(37)33-15-7-9-22-8-6-14-32-17-22/h6,8,10-14,17,25H,7,9,15-16H2,1-5H3,(H,33,37)/t25-/m0/s1. The number of fused-ring (bicyclic) bond motifs is 1. The van der Waals surface area contributed by atoms with E-state index in [1.165, 1.54) is 20.3 Å². The van der Waals surface area contributed by atoms with E-state index in [4.69, 9.17) is 16.6 Å². The van der Waals surface area contributed by atoms with Gasteiger partial charge in [-0.05, 0) is 0 Å². The van der Waals surface area contributed by atoms with E-state index < -0.39 is 19.8 Å². The maximum atomic E-state index is 13.1. The van der Waals surface area contributed by atoms with Crippen LogP contribution >= 0.6 is 31.4 Å². The third kappa shape index (κ3) is 6.44. The molecular weight excluding hydrogens is 597 g/mol. The molecule has 0 bridgehead atoms. The van der Waals surface area contributed by atoms with Crippen molar-refractivity contribution in [2.45, 2.75) is 59.9 Å². The van der Waals surface area contributed by atoms with Crippen LogP contribution in [0.2, 0.25) is 5.02 Å². The van der Waals surface area contributed by atoms with Gasteiger partial charge in [0.05, 0.1) is 0 Å². The number of aryl methyl sites for hydroxylation is 1. The Balaban J connectivity index is 1.63. The van der Waals surface area contributed by atoms with Crippen LogP contribution in [0.25, 0.3) is 0 Å². The average Bonchev–Trinajstić information content (AvgIpc) is 3.22. The molecule has 0 unspecified atom stereocenters. The summed E-state index contributed by atoms with van der Waals surface area (Å²) in [5, 5.41) is 12.9. The molecule has 1 aromatic carbocycles. The van der Waals surface area contributed by atoms with Gasteiger partial charge in [-0.1, -0.05) is 0 Å². The predicted octanol–water partition coefficient (Wildman–Crippen LogP) is 6.93. The number of amides is 1. The molecule has 1 atom stereocenters. The summed E-state index contributed by atoms with van der Waals surface area (Å²) in [4.78, 5) is 22.5. The Labute approximate surface area is 231 Å². The average molecular weight is 630 g/mol.